The number of carbonyl (C=O) groups excluding carboxylic acids is 3. The first-order valence-corrected chi connectivity index (χ1v) is 5.88. The lowest BCUT2D eigenvalue weighted by molar-refractivity contribution is -0.156. The van der Waals surface area contributed by atoms with E-state index < -0.39 is 11.9 Å². The van der Waals surface area contributed by atoms with E-state index in [1.807, 2.05) is 0 Å². The third kappa shape index (κ3) is 43.2. The van der Waals surface area contributed by atoms with Gasteiger partial charge in [0.2, 0.25) is 0 Å². The molecule has 0 aliphatic heterocycles. The zero-order chi connectivity index (χ0) is 17.8. The maximum atomic E-state index is 10.1. The maximum Gasteiger partial charge on any atom is 0.310 e. The fourth-order valence-corrected chi connectivity index (χ4v) is 0.559. The summed E-state index contributed by atoms with van der Waals surface area (Å²) in [6.45, 7) is 3.21. The topological polar surface area (TPSA) is 130 Å². The molecule has 0 radical (unpaired) electrons. The third-order valence-electron chi connectivity index (χ3n) is 1.12. The van der Waals surface area contributed by atoms with Gasteiger partial charge in [0, 0.05) is 20.8 Å². The van der Waals surface area contributed by atoms with E-state index in [1.54, 1.807) is 0 Å². The van der Waals surface area contributed by atoms with Gasteiger partial charge in [-0.05, 0) is 0 Å². The smallest absolute Gasteiger partial charge is 0.310 e. The van der Waals surface area contributed by atoms with Gasteiger partial charge in [-0.2, -0.15) is 0 Å². The number of aliphatic hydroxyl groups excluding tert-OH is 3. The molecule has 0 spiro atoms. The molecule has 0 aromatic carbocycles. The molecule has 22 heavy (non-hydrogen) atoms. The highest BCUT2D eigenvalue weighted by molar-refractivity contribution is 5.82. The summed E-state index contributed by atoms with van der Waals surface area (Å²) in [6.07, 6.45) is 0. The van der Waals surface area contributed by atoms with E-state index in [1.165, 1.54) is 20.8 Å². The summed E-state index contributed by atoms with van der Waals surface area (Å²) in [4.78, 5) is 29.7. The van der Waals surface area contributed by atoms with Crippen molar-refractivity contribution >= 4 is 17.9 Å². The lowest BCUT2D eigenvalue weighted by Crippen LogP contribution is -2.03. The summed E-state index contributed by atoms with van der Waals surface area (Å²) in [5.41, 5.74) is 0. The number of hydrogen-bond donors (Lipinski definition) is 3. The molecule has 0 saturated heterocycles. The molecule has 8 heteroatoms. The number of rotatable bonds is 1. The molecule has 0 saturated carbocycles. The Hall–Kier alpha value is -2.39. The van der Waals surface area contributed by atoms with Crippen molar-refractivity contribution in [2.24, 2.45) is 0 Å². The predicted molar refractivity (Wildman–Crippen MR) is 75.9 cm³/mol. The van der Waals surface area contributed by atoms with Gasteiger partial charge in [-0.3, -0.25) is 14.4 Å². The second kappa shape index (κ2) is 20.9. The van der Waals surface area contributed by atoms with Crippen molar-refractivity contribution in [3.05, 3.63) is 0 Å². The molecule has 0 aromatic heterocycles. The summed E-state index contributed by atoms with van der Waals surface area (Å²) in [7, 11) is 0. The zero-order valence-electron chi connectivity index (χ0n) is 12.7. The molecule has 0 unspecified atom stereocenters. The Bertz CT molecular complexity index is 413. The fraction of sp³-hybridized carbons (Fsp3) is 0.500. The zero-order valence-corrected chi connectivity index (χ0v) is 12.7. The minimum atomic E-state index is -0.562. The average Bonchev–Trinajstić information content (AvgIpc) is 2.41. The molecule has 0 aliphatic rings. The summed E-state index contributed by atoms with van der Waals surface area (Å²) in [5.74, 6) is 7.78. The SMILES string of the molecule is CC(=O)OC(C)=O.CC(=O)OCC#CCO.OCC#CCO. The van der Waals surface area contributed by atoms with Crippen molar-refractivity contribution in [1.29, 1.82) is 0 Å². The second-order valence-electron chi connectivity index (χ2n) is 3.05. The van der Waals surface area contributed by atoms with Gasteiger partial charge in [-0.1, -0.05) is 23.7 Å². The van der Waals surface area contributed by atoms with E-state index in [2.05, 4.69) is 33.2 Å². The van der Waals surface area contributed by atoms with Crippen LogP contribution >= 0.6 is 0 Å². The van der Waals surface area contributed by atoms with E-state index in [0.29, 0.717) is 0 Å². The molecule has 0 aromatic rings. The molecule has 0 bridgehead atoms. The second-order valence-corrected chi connectivity index (χ2v) is 3.05. The molecule has 0 aliphatic carbocycles. The van der Waals surface area contributed by atoms with Crippen molar-refractivity contribution in [3.63, 3.8) is 0 Å². The Labute approximate surface area is 129 Å². The van der Waals surface area contributed by atoms with Crippen molar-refractivity contribution in [2.75, 3.05) is 26.4 Å². The summed E-state index contributed by atoms with van der Waals surface area (Å²) >= 11 is 0. The Morgan fingerprint density at radius 2 is 1.09 bits per heavy atom. The quantitative estimate of drug-likeness (QED) is 0.306. The van der Waals surface area contributed by atoms with Crippen LogP contribution in [-0.4, -0.2) is 59.7 Å². The van der Waals surface area contributed by atoms with E-state index in [9.17, 15) is 14.4 Å². The Kier molecular flexibility index (Phi) is 23.4. The van der Waals surface area contributed by atoms with Gasteiger partial charge in [0.25, 0.3) is 0 Å². The van der Waals surface area contributed by atoms with Crippen LogP contribution in [0.15, 0.2) is 0 Å². The molecular formula is C14H20O8. The van der Waals surface area contributed by atoms with Crippen LogP contribution < -0.4 is 0 Å². The summed E-state index contributed by atoms with van der Waals surface area (Å²) < 4.78 is 8.39. The molecule has 0 amide bonds. The van der Waals surface area contributed by atoms with Crippen LogP contribution in [0.2, 0.25) is 0 Å². The van der Waals surface area contributed by atoms with E-state index >= 15 is 0 Å². The highest BCUT2D eigenvalue weighted by Gasteiger charge is 1.93. The molecule has 0 heterocycles. The van der Waals surface area contributed by atoms with Crippen LogP contribution in [0.4, 0.5) is 0 Å². The Morgan fingerprint density at radius 3 is 1.32 bits per heavy atom. The number of hydrogen-bond acceptors (Lipinski definition) is 8. The van der Waals surface area contributed by atoms with Crippen LogP contribution in [-0.2, 0) is 23.9 Å². The van der Waals surface area contributed by atoms with E-state index in [4.69, 9.17) is 15.3 Å². The largest absolute Gasteiger partial charge is 0.453 e. The minimum absolute atomic E-state index is 0.0654. The first-order chi connectivity index (χ1) is 10.3. The molecule has 124 valence electrons. The van der Waals surface area contributed by atoms with Crippen molar-refractivity contribution in [1.82, 2.24) is 0 Å². The van der Waals surface area contributed by atoms with E-state index in [-0.39, 0.29) is 32.4 Å². The number of esters is 3. The highest BCUT2D eigenvalue weighted by Crippen LogP contribution is 1.74. The van der Waals surface area contributed by atoms with Crippen LogP contribution in [0.25, 0.3) is 0 Å². The third-order valence-corrected chi connectivity index (χ3v) is 1.12. The van der Waals surface area contributed by atoms with Crippen LogP contribution in [0, 0.1) is 23.7 Å². The van der Waals surface area contributed by atoms with Crippen LogP contribution in [0.3, 0.4) is 0 Å². The summed E-state index contributed by atoms with van der Waals surface area (Å²) in [6, 6.07) is 0. The maximum absolute atomic E-state index is 10.1. The number of ether oxygens (including phenoxy) is 2. The monoisotopic (exact) mass is 316 g/mol. The van der Waals surface area contributed by atoms with Gasteiger partial charge in [-0.15, -0.1) is 0 Å². The summed E-state index contributed by atoms with van der Waals surface area (Å²) in [5, 5.41) is 23.9. The predicted octanol–water partition coefficient (Wildman–Crippen LogP) is -1.38. The average molecular weight is 316 g/mol. The van der Waals surface area contributed by atoms with Gasteiger partial charge >= 0.3 is 17.9 Å². The van der Waals surface area contributed by atoms with Gasteiger partial charge < -0.3 is 24.8 Å². The molecule has 0 fully saturated rings. The Balaban J connectivity index is -0.000000252. The first-order valence-electron chi connectivity index (χ1n) is 5.88. The highest BCUT2D eigenvalue weighted by atomic mass is 16.6. The van der Waals surface area contributed by atoms with Crippen LogP contribution in [0.1, 0.15) is 20.8 Å². The van der Waals surface area contributed by atoms with Gasteiger partial charge in [-0.25, -0.2) is 0 Å². The lowest BCUT2D eigenvalue weighted by Gasteiger charge is -1.90. The molecule has 8 nitrogen and oxygen atoms in total. The van der Waals surface area contributed by atoms with Gasteiger partial charge in [0.15, 0.2) is 6.61 Å². The number of aliphatic hydroxyl groups is 3. The first kappa shape index (κ1) is 24.6. The van der Waals surface area contributed by atoms with Gasteiger partial charge in [0.1, 0.15) is 19.8 Å². The number of carbonyl (C=O) groups is 3. The van der Waals surface area contributed by atoms with Crippen LogP contribution in [0.5, 0.6) is 0 Å². The van der Waals surface area contributed by atoms with Crippen molar-refractivity contribution < 1.29 is 39.2 Å². The standard InChI is InChI=1S/C6H8O3.C4H6O3.C4H6O2/c1-6(8)9-5-3-2-4-7;1-3(5)7-4(2)6;5-3-1-2-4-6/h7H,4-5H2,1H3;1-2H3;5-6H,3-4H2. The minimum Gasteiger partial charge on any atom is -0.453 e. The van der Waals surface area contributed by atoms with E-state index in [0.717, 1.165) is 0 Å². The normalized spacial score (nSPS) is 7.18. The molecule has 3 N–H and O–H groups in total. The lowest BCUT2D eigenvalue weighted by atomic mass is 10.6. The Morgan fingerprint density at radius 1 is 0.727 bits per heavy atom. The van der Waals surface area contributed by atoms with Gasteiger partial charge in [0.05, 0.1) is 0 Å². The van der Waals surface area contributed by atoms with Crippen molar-refractivity contribution in [3.8, 4) is 23.7 Å². The molecule has 0 atom stereocenters. The fourth-order valence-electron chi connectivity index (χ4n) is 0.559. The van der Waals surface area contributed by atoms with Crippen molar-refractivity contribution in [2.45, 2.75) is 20.8 Å². The molecular weight excluding hydrogens is 296 g/mol. The molecule has 0 rings (SSSR count).